The number of hydrogen-bond acceptors (Lipinski definition) is 3. The van der Waals surface area contributed by atoms with Crippen molar-refractivity contribution < 1.29 is 14.4 Å². The quantitative estimate of drug-likeness (QED) is 0.529. The van der Waals surface area contributed by atoms with Gasteiger partial charge in [-0.3, -0.25) is 4.79 Å². The van der Waals surface area contributed by atoms with Crippen molar-refractivity contribution in [3.05, 3.63) is 89.7 Å². The van der Waals surface area contributed by atoms with Crippen molar-refractivity contribution in [3.63, 3.8) is 0 Å². The molecule has 0 aliphatic carbocycles. The van der Waals surface area contributed by atoms with Crippen LogP contribution in [0, 0.1) is 0 Å². The zero-order valence-corrected chi connectivity index (χ0v) is 17.5. The highest BCUT2D eigenvalue weighted by Gasteiger charge is 2.23. The molecule has 0 saturated carbocycles. The van der Waals surface area contributed by atoms with Gasteiger partial charge in [0, 0.05) is 11.3 Å². The summed E-state index contributed by atoms with van der Waals surface area (Å²) in [5.41, 5.74) is 4.61. The van der Waals surface area contributed by atoms with Gasteiger partial charge in [-0.25, -0.2) is 4.98 Å². The zero-order chi connectivity index (χ0) is 21.2. The van der Waals surface area contributed by atoms with E-state index in [1.54, 1.807) is 19.2 Å². The van der Waals surface area contributed by atoms with Gasteiger partial charge in [0.05, 0.1) is 36.8 Å². The lowest BCUT2D eigenvalue weighted by Gasteiger charge is -2.25. The number of amides is 1. The summed E-state index contributed by atoms with van der Waals surface area (Å²) in [5, 5.41) is 2.97. The number of anilines is 1. The number of quaternary nitrogens is 1. The lowest BCUT2D eigenvalue weighted by atomic mass is 10.2. The van der Waals surface area contributed by atoms with Crippen molar-refractivity contribution in [1.82, 2.24) is 9.55 Å². The van der Waals surface area contributed by atoms with Gasteiger partial charge in [-0.15, -0.1) is 0 Å². The van der Waals surface area contributed by atoms with Crippen molar-refractivity contribution in [3.8, 4) is 5.75 Å². The highest BCUT2D eigenvalue weighted by Crippen LogP contribution is 2.23. The highest BCUT2D eigenvalue weighted by atomic mass is 16.5. The number of nitrogens with zero attached hydrogens (tertiary/aromatic N) is 2. The Balaban J connectivity index is 1.35. The number of fused-ring (bicyclic) bond motifs is 3. The molecule has 2 N–H and O–H groups in total. The summed E-state index contributed by atoms with van der Waals surface area (Å²) in [6.07, 6.45) is 0. The van der Waals surface area contributed by atoms with E-state index in [1.807, 2.05) is 30.3 Å². The molecular weight excluding hydrogens is 388 g/mol. The summed E-state index contributed by atoms with van der Waals surface area (Å²) in [6, 6.07) is 23.8. The summed E-state index contributed by atoms with van der Waals surface area (Å²) in [4.78, 5) is 19.1. The Morgan fingerprint density at radius 2 is 1.90 bits per heavy atom. The van der Waals surface area contributed by atoms with Crippen LogP contribution in [0.1, 0.15) is 21.7 Å². The number of hydrogen-bond donors (Lipinski definition) is 2. The second-order valence-corrected chi connectivity index (χ2v) is 7.88. The number of para-hydroxylation sites is 1. The Morgan fingerprint density at radius 3 is 2.74 bits per heavy atom. The van der Waals surface area contributed by atoms with Gasteiger partial charge in [0.15, 0.2) is 5.82 Å². The molecule has 0 bridgehead atoms. The number of ether oxygens (including phenoxy) is 1. The lowest BCUT2D eigenvalue weighted by molar-refractivity contribution is -0.932. The molecule has 0 radical (unpaired) electrons. The summed E-state index contributed by atoms with van der Waals surface area (Å²) >= 11 is 0. The third-order valence-electron chi connectivity index (χ3n) is 5.83. The Kier molecular flexibility index (Phi) is 5.14. The molecule has 3 aromatic carbocycles. The predicted molar refractivity (Wildman–Crippen MR) is 120 cm³/mol. The van der Waals surface area contributed by atoms with E-state index < -0.39 is 0 Å². The maximum atomic E-state index is 12.7. The first kappa shape index (κ1) is 19.3. The maximum Gasteiger partial charge on any atom is 0.259 e. The standard InChI is InChI=1S/C25H24N4O2/c1-31-23-10-6-5-9-20(23)25(30)26-19-11-12-22-21(15-19)27-24-17-28(13-14-29(22)24)16-18-7-3-2-4-8-18/h2-12,15H,13-14,16-17H2,1H3,(H,26,30)/p+1. The average Bonchev–Trinajstić information content (AvgIpc) is 3.16. The number of benzene rings is 3. The molecule has 5 rings (SSSR count). The summed E-state index contributed by atoms with van der Waals surface area (Å²) in [6.45, 7) is 3.91. The predicted octanol–water partition coefficient (Wildman–Crippen LogP) is 2.90. The second kappa shape index (κ2) is 8.24. The van der Waals surface area contributed by atoms with Gasteiger partial charge in [0.1, 0.15) is 18.8 Å². The molecule has 1 amide bonds. The van der Waals surface area contributed by atoms with E-state index in [-0.39, 0.29) is 5.91 Å². The first-order valence-corrected chi connectivity index (χ1v) is 10.5. The molecule has 6 nitrogen and oxygen atoms in total. The smallest absolute Gasteiger partial charge is 0.259 e. The van der Waals surface area contributed by atoms with Gasteiger partial charge in [0.2, 0.25) is 0 Å². The molecule has 4 aromatic rings. The number of rotatable bonds is 5. The van der Waals surface area contributed by atoms with Crippen molar-refractivity contribution in [2.75, 3.05) is 19.0 Å². The van der Waals surface area contributed by atoms with E-state index in [1.165, 1.54) is 10.5 Å². The molecule has 1 aromatic heterocycles. The number of methoxy groups -OCH3 is 1. The highest BCUT2D eigenvalue weighted by molar-refractivity contribution is 6.06. The van der Waals surface area contributed by atoms with Crippen LogP contribution in [-0.2, 0) is 19.6 Å². The lowest BCUT2D eigenvalue weighted by Crippen LogP contribution is -3.10. The fourth-order valence-corrected chi connectivity index (χ4v) is 4.29. The van der Waals surface area contributed by atoms with Gasteiger partial charge in [-0.05, 0) is 30.3 Å². The minimum Gasteiger partial charge on any atom is -0.496 e. The van der Waals surface area contributed by atoms with E-state index >= 15 is 0 Å². The monoisotopic (exact) mass is 413 g/mol. The van der Waals surface area contributed by atoms with E-state index in [4.69, 9.17) is 9.72 Å². The van der Waals surface area contributed by atoms with Crippen LogP contribution in [0.15, 0.2) is 72.8 Å². The normalized spacial score (nSPS) is 15.5. The topological polar surface area (TPSA) is 60.6 Å². The summed E-state index contributed by atoms with van der Waals surface area (Å²) in [7, 11) is 1.57. The minimum absolute atomic E-state index is 0.195. The fraction of sp³-hybridized carbons (Fsp3) is 0.200. The van der Waals surface area contributed by atoms with Crippen LogP contribution < -0.4 is 15.0 Å². The van der Waals surface area contributed by atoms with Crippen LogP contribution in [-0.4, -0.2) is 29.1 Å². The zero-order valence-electron chi connectivity index (χ0n) is 17.5. The molecule has 1 unspecified atom stereocenters. The van der Waals surface area contributed by atoms with Crippen molar-refractivity contribution >= 4 is 22.6 Å². The maximum absolute atomic E-state index is 12.7. The Hall–Kier alpha value is -3.64. The van der Waals surface area contributed by atoms with E-state index in [0.29, 0.717) is 11.3 Å². The Bertz CT molecular complexity index is 1230. The molecule has 2 heterocycles. The molecule has 0 saturated heterocycles. The number of carbonyl (C=O) groups is 1. The van der Waals surface area contributed by atoms with Gasteiger partial charge in [-0.2, -0.15) is 0 Å². The van der Waals surface area contributed by atoms with Gasteiger partial charge in [0.25, 0.3) is 5.91 Å². The molecular formula is C25H25N4O2+. The molecule has 31 heavy (non-hydrogen) atoms. The molecule has 0 fully saturated rings. The van der Waals surface area contributed by atoms with E-state index in [9.17, 15) is 4.79 Å². The average molecular weight is 414 g/mol. The van der Waals surface area contributed by atoms with Crippen LogP contribution in [0.3, 0.4) is 0 Å². The van der Waals surface area contributed by atoms with Crippen molar-refractivity contribution in [1.29, 1.82) is 0 Å². The van der Waals surface area contributed by atoms with Crippen molar-refractivity contribution in [2.24, 2.45) is 0 Å². The Morgan fingerprint density at radius 1 is 1.10 bits per heavy atom. The SMILES string of the molecule is COc1ccccc1C(=O)Nc1ccc2c(c1)nc1n2CC[NH+](Cc2ccccc2)C1. The molecule has 6 heteroatoms. The van der Waals surface area contributed by atoms with E-state index in [2.05, 4.69) is 40.2 Å². The van der Waals surface area contributed by atoms with Gasteiger partial charge >= 0.3 is 0 Å². The number of carbonyl (C=O) groups excluding carboxylic acids is 1. The van der Waals surface area contributed by atoms with Crippen molar-refractivity contribution in [2.45, 2.75) is 19.6 Å². The minimum atomic E-state index is -0.195. The van der Waals surface area contributed by atoms with Gasteiger partial charge < -0.3 is 19.5 Å². The number of nitrogens with one attached hydrogen (secondary N) is 2. The van der Waals surface area contributed by atoms with E-state index in [0.717, 1.165) is 48.7 Å². The first-order valence-electron chi connectivity index (χ1n) is 10.5. The number of imidazole rings is 1. The van der Waals surface area contributed by atoms with Crippen LogP contribution in [0.25, 0.3) is 11.0 Å². The molecule has 1 aliphatic rings. The molecule has 156 valence electrons. The summed E-state index contributed by atoms with van der Waals surface area (Å²) < 4.78 is 7.60. The molecule has 0 spiro atoms. The van der Waals surface area contributed by atoms with Crippen LogP contribution >= 0.6 is 0 Å². The molecule has 1 atom stereocenters. The summed E-state index contributed by atoms with van der Waals surface area (Å²) in [5.74, 6) is 1.46. The first-order chi connectivity index (χ1) is 15.2. The third-order valence-corrected chi connectivity index (χ3v) is 5.83. The fourth-order valence-electron chi connectivity index (χ4n) is 4.29. The third kappa shape index (κ3) is 3.90. The molecule has 1 aliphatic heterocycles. The second-order valence-electron chi connectivity index (χ2n) is 7.88. The Labute approximate surface area is 181 Å². The van der Waals surface area contributed by atoms with Crippen LogP contribution in [0.5, 0.6) is 5.75 Å². The van der Waals surface area contributed by atoms with Crippen LogP contribution in [0.4, 0.5) is 5.69 Å². The van der Waals surface area contributed by atoms with Crippen LogP contribution in [0.2, 0.25) is 0 Å². The van der Waals surface area contributed by atoms with Gasteiger partial charge in [-0.1, -0.05) is 42.5 Å². The largest absolute Gasteiger partial charge is 0.496 e. The number of aromatic nitrogens is 2.